The molecule has 0 aromatic rings. The first-order valence-corrected chi connectivity index (χ1v) is 45.2. The molecule has 18 fully saturated rings. The van der Waals surface area contributed by atoms with Crippen molar-refractivity contribution in [1.29, 1.82) is 0 Å². The monoisotopic (exact) mass is 1270 g/mol. The summed E-state index contributed by atoms with van der Waals surface area (Å²) in [6.07, 6.45) is 94.3. The molecule has 524 valence electrons. The summed E-state index contributed by atoms with van der Waals surface area (Å²) in [7, 11) is 0. The highest BCUT2D eigenvalue weighted by Gasteiger charge is 2.74. The summed E-state index contributed by atoms with van der Waals surface area (Å²) < 4.78 is 0. The van der Waals surface area contributed by atoms with E-state index in [-0.39, 0.29) is 0 Å². The zero-order valence-corrected chi connectivity index (χ0v) is 60.9. The van der Waals surface area contributed by atoms with Crippen LogP contribution in [0.1, 0.15) is 385 Å². The van der Waals surface area contributed by atoms with Gasteiger partial charge in [0.05, 0.1) is 0 Å². The van der Waals surface area contributed by atoms with Gasteiger partial charge in [-0.05, 0) is 280 Å². The van der Waals surface area contributed by atoms with Crippen molar-refractivity contribution in [2.24, 2.45) is 100 Å². The smallest absolute Gasteiger partial charge is 0.0132 e. The van der Waals surface area contributed by atoms with Gasteiger partial charge in [0.25, 0.3) is 0 Å². The van der Waals surface area contributed by atoms with Crippen LogP contribution in [0.3, 0.4) is 0 Å². The van der Waals surface area contributed by atoms with Gasteiger partial charge in [0.2, 0.25) is 0 Å². The Kier molecular flexibility index (Phi) is 20.2. The average Bonchev–Trinajstić information content (AvgIpc) is 1.50. The molecule has 18 aliphatic rings. The van der Waals surface area contributed by atoms with E-state index in [1.165, 1.54) is 77.0 Å². The van der Waals surface area contributed by atoms with Gasteiger partial charge in [-0.2, -0.15) is 0 Å². The first kappa shape index (κ1) is 64.9. The van der Waals surface area contributed by atoms with Crippen molar-refractivity contribution in [3.63, 3.8) is 0 Å². The molecule has 18 saturated carbocycles. The predicted octanol–water partition coefficient (Wildman–Crippen LogP) is 23.1. The standard InChI is InChI=1S/C89H148N4/c1-5-33-65(34-6-1)90(85-45-21-29-61-25-13-17-41-73(61)85)69-49-53-77-78-54-50-70(91(66-35-7-2-8-36-66)86-46-22-30-62-26-14-18-42-74(62)86)58-82(78)89(81(77)57-69)83-59-71(92(67-37-9-3-10-38-67)87-47-23-31-63-27-15-19-43-75(63)87)51-55-79(83)80-56-52-72(60-84(80)89)93(68-39-11-4-12-40-68)88-48-24-32-64-28-16-20-44-76(64)88/h61-88H,1-60H2. The van der Waals surface area contributed by atoms with Gasteiger partial charge in [0.1, 0.15) is 0 Å². The van der Waals surface area contributed by atoms with Crippen molar-refractivity contribution in [3.05, 3.63) is 0 Å². The largest absolute Gasteiger partial charge is 0.294 e. The Balaban J connectivity index is 0.788. The van der Waals surface area contributed by atoms with Crippen LogP contribution < -0.4 is 0 Å². The molecule has 0 aromatic heterocycles. The molecule has 0 bridgehead atoms. The van der Waals surface area contributed by atoms with Gasteiger partial charge < -0.3 is 0 Å². The lowest BCUT2D eigenvalue weighted by molar-refractivity contribution is -0.108. The van der Waals surface area contributed by atoms with Gasteiger partial charge in [-0.25, -0.2) is 0 Å². The molecule has 18 aliphatic carbocycles. The Hall–Kier alpha value is -0.160. The summed E-state index contributed by atoms with van der Waals surface area (Å²) in [6.45, 7) is 0. The predicted molar refractivity (Wildman–Crippen MR) is 388 cm³/mol. The molecule has 18 rings (SSSR count). The number of hydrogen-bond donors (Lipinski definition) is 0. The molecule has 4 nitrogen and oxygen atoms in total. The van der Waals surface area contributed by atoms with Crippen LogP contribution in [0.5, 0.6) is 0 Å². The number of hydrogen-bond acceptors (Lipinski definition) is 4. The van der Waals surface area contributed by atoms with Crippen LogP contribution in [-0.4, -0.2) is 92.1 Å². The fourth-order valence-electron chi connectivity index (χ4n) is 33.7. The Morgan fingerprint density at radius 1 is 0.151 bits per heavy atom. The summed E-state index contributed by atoms with van der Waals surface area (Å²) in [5.74, 6) is 16.4. The van der Waals surface area contributed by atoms with Crippen molar-refractivity contribution in [2.45, 2.75) is 458 Å². The van der Waals surface area contributed by atoms with Crippen molar-refractivity contribution in [2.75, 3.05) is 0 Å². The number of fused-ring (bicyclic) bond motifs is 14. The van der Waals surface area contributed by atoms with E-state index in [1.807, 2.05) is 0 Å². The SMILES string of the molecule is C1CCC(N(C2CCC3C4CCC(N(C5CCCCC5)C5CCCC6CCCCC65)CC4C4(C3C2)C2CC(N(C3CCCCC3)C3CCCC5CCCCC53)CCC2C2CCC(N(C3CCCCC3)C3CCCC5CCCCC53)CC24)C2CCCC3CCCCC32)CC1. The maximum atomic E-state index is 3.64. The van der Waals surface area contributed by atoms with Crippen LogP contribution in [0, 0.1) is 100 Å². The first-order valence-electron chi connectivity index (χ1n) is 45.2. The van der Waals surface area contributed by atoms with Gasteiger partial charge in [-0.3, -0.25) is 19.6 Å². The van der Waals surface area contributed by atoms with E-state index >= 15 is 0 Å². The zero-order chi connectivity index (χ0) is 61.4. The van der Waals surface area contributed by atoms with E-state index in [1.54, 1.807) is 308 Å². The molecule has 1 spiro atoms. The lowest BCUT2D eigenvalue weighted by atomic mass is 9.51. The van der Waals surface area contributed by atoms with Crippen LogP contribution in [0.15, 0.2) is 0 Å². The van der Waals surface area contributed by atoms with E-state index < -0.39 is 0 Å². The molecule has 0 saturated heterocycles. The van der Waals surface area contributed by atoms with Crippen molar-refractivity contribution < 1.29 is 0 Å². The average molecular weight is 1270 g/mol. The van der Waals surface area contributed by atoms with Gasteiger partial charge in [-0.15, -0.1) is 0 Å². The van der Waals surface area contributed by atoms with Crippen molar-refractivity contribution in [1.82, 2.24) is 19.6 Å². The molecule has 0 aromatic carbocycles. The Bertz CT molecular complexity index is 2040. The van der Waals surface area contributed by atoms with E-state index in [0.717, 1.165) is 167 Å². The summed E-state index contributed by atoms with van der Waals surface area (Å²) in [5, 5.41) is 0. The molecular formula is C89H148N4. The second-order valence-corrected chi connectivity index (χ2v) is 39.7. The maximum absolute atomic E-state index is 3.64. The van der Waals surface area contributed by atoms with E-state index in [2.05, 4.69) is 19.6 Å². The van der Waals surface area contributed by atoms with Gasteiger partial charge >= 0.3 is 0 Å². The molecule has 24 unspecified atom stereocenters. The second kappa shape index (κ2) is 28.9. The quantitative estimate of drug-likeness (QED) is 0.193. The van der Waals surface area contributed by atoms with Crippen LogP contribution in [0.4, 0.5) is 0 Å². The third-order valence-electron chi connectivity index (χ3n) is 36.5. The Morgan fingerprint density at radius 3 is 0.591 bits per heavy atom. The van der Waals surface area contributed by atoms with Crippen LogP contribution in [-0.2, 0) is 0 Å². The second-order valence-electron chi connectivity index (χ2n) is 39.7. The minimum atomic E-state index is 0.562. The summed E-state index contributed by atoms with van der Waals surface area (Å²) in [4.78, 5) is 14.6. The molecule has 0 aliphatic heterocycles. The summed E-state index contributed by atoms with van der Waals surface area (Å²) in [6, 6.07) is 10.7. The van der Waals surface area contributed by atoms with Gasteiger partial charge in [-0.1, -0.05) is 205 Å². The number of nitrogens with zero attached hydrogens (tertiary/aromatic N) is 4. The maximum Gasteiger partial charge on any atom is 0.0132 e. The van der Waals surface area contributed by atoms with E-state index in [0.29, 0.717) is 5.41 Å². The molecule has 0 heterocycles. The zero-order valence-electron chi connectivity index (χ0n) is 60.9. The van der Waals surface area contributed by atoms with Crippen LogP contribution >= 0.6 is 0 Å². The highest BCUT2D eigenvalue weighted by molar-refractivity contribution is 5.24. The molecule has 24 atom stereocenters. The molecule has 0 amide bonds. The van der Waals surface area contributed by atoms with Gasteiger partial charge in [0.15, 0.2) is 0 Å². The fraction of sp³-hybridized carbons (Fsp3) is 1.00. The lowest BCUT2D eigenvalue weighted by Gasteiger charge is -2.59. The normalized spacial score (nSPS) is 48.9. The lowest BCUT2D eigenvalue weighted by Crippen LogP contribution is -2.60. The summed E-state index contributed by atoms with van der Waals surface area (Å²) in [5.41, 5.74) is 0.562. The molecular weight excluding hydrogens is 1130 g/mol. The minimum absolute atomic E-state index is 0.562. The topological polar surface area (TPSA) is 13.0 Å². The van der Waals surface area contributed by atoms with Gasteiger partial charge in [0, 0.05) is 72.5 Å². The van der Waals surface area contributed by atoms with Crippen molar-refractivity contribution in [3.8, 4) is 0 Å². The number of rotatable bonds is 12. The molecule has 0 radical (unpaired) electrons. The van der Waals surface area contributed by atoms with Crippen molar-refractivity contribution >= 4 is 0 Å². The highest BCUT2D eigenvalue weighted by atomic mass is 15.3. The Labute approximate surface area is 574 Å². The highest BCUT2D eigenvalue weighted by Crippen LogP contribution is 2.79. The minimum Gasteiger partial charge on any atom is -0.294 e. The fourth-order valence-corrected chi connectivity index (χ4v) is 33.7. The van der Waals surface area contributed by atoms with E-state index in [9.17, 15) is 0 Å². The third-order valence-corrected chi connectivity index (χ3v) is 36.5. The summed E-state index contributed by atoms with van der Waals surface area (Å²) >= 11 is 0. The molecule has 93 heavy (non-hydrogen) atoms. The van der Waals surface area contributed by atoms with E-state index in [4.69, 9.17) is 0 Å². The van der Waals surface area contributed by atoms with Crippen LogP contribution in [0.25, 0.3) is 0 Å². The Morgan fingerprint density at radius 2 is 0.355 bits per heavy atom. The van der Waals surface area contributed by atoms with Crippen LogP contribution in [0.2, 0.25) is 0 Å². The third kappa shape index (κ3) is 12.1. The molecule has 0 N–H and O–H groups in total. The molecule has 4 heteroatoms. The first-order chi connectivity index (χ1) is 46.2.